The van der Waals surface area contributed by atoms with Gasteiger partial charge in [-0.15, -0.1) is 0 Å². The van der Waals surface area contributed by atoms with Gasteiger partial charge in [-0.05, 0) is 43.9 Å². The molecular weight excluding hydrogens is 412 g/mol. The highest BCUT2D eigenvalue weighted by Gasteiger charge is 2.52. The van der Waals surface area contributed by atoms with Crippen LogP contribution in [0.5, 0.6) is 5.75 Å². The summed E-state index contributed by atoms with van der Waals surface area (Å²) in [7, 11) is 0. The number of halogens is 4. The molecule has 1 N–H and O–H groups in total. The fraction of sp³-hybridized carbons (Fsp3) is 0.579. The molecule has 7 nitrogen and oxygen atoms in total. The molecule has 1 spiro atoms. The predicted molar refractivity (Wildman–Crippen MR) is 93.3 cm³/mol. The maximum absolute atomic E-state index is 13.9. The molecule has 2 amide bonds. The Kier molecular flexibility index (Phi) is 5.15. The van der Waals surface area contributed by atoms with Gasteiger partial charge in [-0.25, -0.2) is 14.0 Å². The van der Waals surface area contributed by atoms with Crippen LogP contribution in [-0.2, 0) is 15.7 Å². The molecular formula is C19H20F4N2O5. The van der Waals surface area contributed by atoms with Crippen molar-refractivity contribution in [2.45, 2.75) is 49.6 Å². The van der Waals surface area contributed by atoms with E-state index in [1.165, 1.54) is 4.90 Å². The van der Waals surface area contributed by atoms with Crippen molar-refractivity contribution in [2.75, 3.05) is 19.7 Å². The van der Waals surface area contributed by atoms with Gasteiger partial charge < -0.3 is 24.4 Å². The van der Waals surface area contributed by atoms with Crippen molar-refractivity contribution < 1.29 is 41.4 Å². The van der Waals surface area contributed by atoms with Crippen LogP contribution in [0.3, 0.4) is 0 Å². The summed E-state index contributed by atoms with van der Waals surface area (Å²) in [5.41, 5.74) is -1.59. The maximum atomic E-state index is 13.9. The Hall–Kier alpha value is -2.72. The van der Waals surface area contributed by atoms with Crippen LogP contribution in [0, 0.1) is 5.82 Å². The van der Waals surface area contributed by atoms with Crippen LogP contribution in [-0.4, -0.2) is 54.5 Å². The Balaban J connectivity index is 1.22. The second-order valence-electron chi connectivity index (χ2n) is 7.88. The van der Waals surface area contributed by atoms with E-state index >= 15 is 0 Å². The van der Waals surface area contributed by atoms with Crippen LogP contribution in [0.25, 0.3) is 0 Å². The molecule has 2 aliphatic heterocycles. The number of benzene rings is 1. The van der Waals surface area contributed by atoms with Crippen LogP contribution in [0.15, 0.2) is 18.2 Å². The number of alkyl carbamates (subject to hydrolysis) is 1. The zero-order valence-corrected chi connectivity index (χ0v) is 15.8. The Labute approximate surface area is 169 Å². The highest BCUT2D eigenvalue weighted by molar-refractivity contribution is 5.74. The molecule has 0 unspecified atom stereocenters. The van der Waals surface area contributed by atoms with Crippen LogP contribution >= 0.6 is 0 Å². The van der Waals surface area contributed by atoms with Crippen molar-refractivity contribution in [1.29, 1.82) is 0 Å². The summed E-state index contributed by atoms with van der Waals surface area (Å²) in [5.74, 6) is -1.29. The topological polar surface area (TPSA) is 77.1 Å². The van der Waals surface area contributed by atoms with Crippen LogP contribution < -0.4 is 10.1 Å². The van der Waals surface area contributed by atoms with E-state index in [0.717, 1.165) is 12.1 Å². The van der Waals surface area contributed by atoms with E-state index in [2.05, 4.69) is 5.32 Å². The molecule has 0 aromatic heterocycles. The maximum Gasteiger partial charge on any atom is 0.416 e. The summed E-state index contributed by atoms with van der Waals surface area (Å²) in [4.78, 5) is 24.8. The van der Waals surface area contributed by atoms with E-state index in [4.69, 9.17) is 14.2 Å². The van der Waals surface area contributed by atoms with Gasteiger partial charge in [-0.1, -0.05) is 0 Å². The van der Waals surface area contributed by atoms with Crippen molar-refractivity contribution in [3.05, 3.63) is 29.6 Å². The average Bonchev–Trinajstić information content (AvgIpc) is 3.05. The smallest absolute Gasteiger partial charge is 0.416 e. The fourth-order valence-corrected chi connectivity index (χ4v) is 3.91. The number of hydrogen-bond acceptors (Lipinski definition) is 5. The SMILES string of the molecule is O=C1NC2(CO1)CN(C(=O)O[C@H]1CC[C@H](Oc3ccc(C(F)(F)F)cc3F)CC1)C2. The highest BCUT2D eigenvalue weighted by Crippen LogP contribution is 2.34. The number of nitrogens with one attached hydrogen (secondary N) is 1. The molecule has 3 fully saturated rings. The molecule has 1 saturated carbocycles. The molecule has 3 aliphatic rings. The van der Waals surface area contributed by atoms with Crippen LogP contribution in [0.2, 0.25) is 0 Å². The third-order valence-corrected chi connectivity index (χ3v) is 5.53. The molecule has 1 aromatic carbocycles. The van der Waals surface area contributed by atoms with E-state index in [9.17, 15) is 27.2 Å². The number of cyclic esters (lactones) is 1. The third kappa shape index (κ3) is 4.24. The quantitative estimate of drug-likeness (QED) is 0.741. The Morgan fingerprint density at radius 1 is 1.17 bits per heavy atom. The minimum atomic E-state index is -4.62. The number of likely N-dealkylation sites (tertiary alicyclic amines) is 1. The summed E-state index contributed by atoms with van der Waals surface area (Å²) in [6.45, 7) is 0.866. The normalized spacial score (nSPS) is 25.3. The Bertz CT molecular complexity index is 833. The Morgan fingerprint density at radius 3 is 2.40 bits per heavy atom. The standard InChI is InChI=1S/C19H20F4N2O5/c20-14-7-11(19(21,22)23)1-6-15(14)29-12-2-4-13(5-3-12)30-17(27)25-8-18(9-25)10-28-16(26)24-18/h1,6-7,12-13H,2-5,8-10H2,(H,24,26)/t12-,13-. The lowest BCUT2D eigenvalue weighted by Gasteiger charge is -2.45. The molecule has 11 heteroatoms. The number of alkyl halides is 3. The van der Waals surface area contributed by atoms with Gasteiger partial charge in [-0.3, -0.25) is 0 Å². The van der Waals surface area contributed by atoms with E-state index in [0.29, 0.717) is 44.8 Å². The van der Waals surface area contributed by atoms with E-state index < -0.39 is 35.3 Å². The molecule has 164 valence electrons. The first-order valence-electron chi connectivity index (χ1n) is 9.57. The van der Waals surface area contributed by atoms with Crippen molar-refractivity contribution in [3.63, 3.8) is 0 Å². The zero-order valence-electron chi connectivity index (χ0n) is 15.8. The van der Waals surface area contributed by atoms with Gasteiger partial charge in [0.05, 0.1) is 24.8 Å². The molecule has 0 atom stereocenters. The minimum Gasteiger partial charge on any atom is -0.487 e. The molecule has 1 aromatic rings. The minimum absolute atomic E-state index is 0.221. The monoisotopic (exact) mass is 432 g/mol. The lowest BCUT2D eigenvalue weighted by molar-refractivity contribution is -0.137. The number of nitrogens with zero attached hydrogens (tertiary/aromatic N) is 1. The van der Waals surface area contributed by atoms with E-state index in [1.807, 2.05) is 0 Å². The van der Waals surface area contributed by atoms with Crippen molar-refractivity contribution in [1.82, 2.24) is 10.2 Å². The van der Waals surface area contributed by atoms with Gasteiger partial charge in [0.15, 0.2) is 11.6 Å². The molecule has 4 rings (SSSR count). The number of ether oxygens (including phenoxy) is 3. The van der Waals surface area contributed by atoms with Crippen LogP contribution in [0.1, 0.15) is 31.2 Å². The van der Waals surface area contributed by atoms with Gasteiger partial charge in [0.2, 0.25) is 0 Å². The third-order valence-electron chi connectivity index (χ3n) is 5.53. The molecule has 1 aliphatic carbocycles. The molecule has 0 bridgehead atoms. The van der Waals surface area contributed by atoms with E-state index in [1.54, 1.807) is 0 Å². The number of amides is 2. The first kappa shape index (κ1) is 20.5. The lowest BCUT2D eigenvalue weighted by Crippen LogP contribution is -2.70. The number of hydrogen-bond donors (Lipinski definition) is 1. The summed E-state index contributed by atoms with van der Waals surface area (Å²) in [6, 6.07) is 2.18. The zero-order chi connectivity index (χ0) is 21.5. The second-order valence-corrected chi connectivity index (χ2v) is 7.88. The van der Waals surface area contributed by atoms with Crippen molar-refractivity contribution in [3.8, 4) is 5.75 Å². The average molecular weight is 432 g/mol. The van der Waals surface area contributed by atoms with Crippen LogP contribution in [0.4, 0.5) is 27.2 Å². The van der Waals surface area contributed by atoms with Crippen molar-refractivity contribution >= 4 is 12.2 Å². The summed E-state index contributed by atoms with van der Waals surface area (Å²) >= 11 is 0. The number of rotatable bonds is 3. The van der Waals surface area contributed by atoms with Gasteiger partial charge in [0.25, 0.3) is 0 Å². The molecule has 2 saturated heterocycles. The van der Waals surface area contributed by atoms with Crippen molar-refractivity contribution in [2.24, 2.45) is 0 Å². The first-order chi connectivity index (χ1) is 14.1. The van der Waals surface area contributed by atoms with Gasteiger partial charge >= 0.3 is 18.4 Å². The van der Waals surface area contributed by atoms with Gasteiger partial charge in [-0.2, -0.15) is 13.2 Å². The molecule has 0 radical (unpaired) electrons. The number of carbonyl (C=O) groups excluding carboxylic acids is 2. The summed E-state index contributed by atoms with van der Waals surface area (Å²) in [5, 5.41) is 2.68. The fourth-order valence-electron chi connectivity index (χ4n) is 3.91. The molecule has 2 heterocycles. The first-order valence-corrected chi connectivity index (χ1v) is 9.57. The van der Waals surface area contributed by atoms with E-state index in [-0.39, 0.29) is 24.6 Å². The lowest BCUT2D eigenvalue weighted by atomic mass is 9.92. The van der Waals surface area contributed by atoms with Gasteiger partial charge in [0.1, 0.15) is 18.2 Å². The highest BCUT2D eigenvalue weighted by atomic mass is 19.4. The summed E-state index contributed by atoms with van der Waals surface area (Å²) in [6.07, 6.45) is -4.32. The predicted octanol–water partition coefficient (Wildman–Crippen LogP) is 3.47. The summed E-state index contributed by atoms with van der Waals surface area (Å²) < 4.78 is 67.6. The second kappa shape index (κ2) is 7.51. The number of carbonyl (C=O) groups is 2. The largest absolute Gasteiger partial charge is 0.487 e. The molecule has 30 heavy (non-hydrogen) atoms. The Morgan fingerprint density at radius 2 is 1.83 bits per heavy atom. The van der Waals surface area contributed by atoms with Gasteiger partial charge in [0, 0.05) is 0 Å².